The van der Waals surface area contributed by atoms with Crippen LogP contribution in [0.2, 0.25) is 0 Å². The van der Waals surface area contributed by atoms with E-state index in [1.807, 2.05) is 11.8 Å². The topological polar surface area (TPSA) is 73.4 Å². The van der Waals surface area contributed by atoms with Gasteiger partial charge >= 0.3 is 6.03 Å². The van der Waals surface area contributed by atoms with Crippen LogP contribution >= 0.6 is 0 Å². The number of likely N-dealkylation sites (tertiary alicyclic amines) is 1. The van der Waals surface area contributed by atoms with E-state index < -0.39 is 0 Å². The van der Waals surface area contributed by atoms with E-state index in [0.717, 1.165) is 74.2 Å². The van der Waals surface area contributed by atoms with Crippen LogP contribution in [0.1, 0.15) is 56.1 Å². The van der Waals surface area contributed by atoms with E-state index in [0.29, 0.717) is 18.3 Å². The molecule has 7 nitrogen and oxygen atoms in total. The molecule has 2 fully saturated rings. The molecule has 2 aliphatic heterocycles. The number of nitrogens with one attached hydrogen (secondary N) is 2. The van der Waals surface area contributed by atoms with E-state index in [2.05, 4.69) is 15.5 Å². The van der Waals surface area contributed by atoms with Gasteiger partial charge in [-0.25, -0.2) is 14.2 Å². The van der Waals surface area contributed by atoms with Crippen LogP contribution in [0.4, 0.5) is 21.0 Å². The minimum absolute atomic E-state index is 0.0853. The number of nitrogens with zero attached hydrogens (tertiary/aromatic N) is 4. The number of anilines is 2. The summed E-state index contributed by atoms with van der Waals surface area (Å²) in [5.41, 5.74) is 3.36. The predicted octanol–water partition coefficient (Wildman–Crippen LogP) is 4.46. The van der Waals surface area contributed by atoms with Crippen LogP contribution < -0.4 is 15.5 Å². The Morgan fingerprint density at radius 1 is 1.12 bits per heavy atom. The molecule has 0 radical (unpaired) electrons. The molecule has 0 unspecified atom stereocenters. The first-order valence-corrected chi connectivity index (χ1v) is 12.3. The van der Waals surface area contributed by atoms with Crippen molar-refractivity contribution in [3.05, 3.63) is 35.1 Å². The van der Waals surface area contributed by atoms with Crippen molar-refractivity contribution >= 4 is 17.8 Å². The standard InChI is InChI=1S/C25H33FN6O/c1-17-15-18(26)9-10-20(17)22-21-16-28-25(33)32(19-7-3-2-4-8-19)23(21)30-24(29-22)27-11-14-31-12-5-6-13-31/h9-10,15,19H,2-8,11-14,16H2,1H3,(H,28,33)(H,27,29,30). The molecule has 0 atom stereocenters. The number of rotatable bonds is 6. The zero-order valence-electron chi connectivity index (χ0n) is 19.4. The van der Waals surface area contributed by atoms with Crippen molar-refractivity contribution in [3.63, 3.8) is 0 Å². The number of hydrogen-bond acceptors (Lipinski definition) is 5. The van der Waals surface area contributed by atoms with Gasteiger partial charge in [0.05, 0.1) is 12.2 Å². The van der Waals surface area contributed by atoms with Gasteiger partial charge in [0.1, 0.15) is 11.6 Å². The van der Waals surface area contributed by atoms with E-state index in [4.69, 9.17) is 9.97 Å². The van der Waals surface area contributed by atoms with Crippen LogP contribution in [0, 0.1) is 12.7 Å². The van der Waals surface area contributed by atoms with Gasteiger partial charge in [-0.2, -0.15) is 4.98 Å². The highest BCUT2D eigenvalue weighted by Gasteiger charge is 2.35. The molecule has 3 heterocycles. The number of carbonyl (C=O) groups excluding carboxylic acids is 1. The quantitative estimate of drug-likeness (QED) is 0.677. The molecule has 176 valence electrons. The van der Waals surface area contributed by atoms with Crippen LogP contribution in [0.3, 0.4) is 0 Å². The monoisotopic (exact) mass is 452 g/mol. The summed E-state index contributed by atoms with van der Waals surface area (Å²) in [6.07, 6.45) is 7.95. The number of fused-ring (bicyclic) bond motifs is 1. The normalized spacial score (nSPS) is 19.5. The summed E-state index contributed by atoms with van der Waals surface area (Å²) < 4.78 is 13.8. The van der Waals surface area contributed by atoms with Gasteiger partial charge in [-0.1, -0.05) is 19.3 Å². The first-order chi connectivity index (χ1) is 16.1. The van der Waals surface area contributed by atoms with Gasteiger partial charge in [0.2, 0.25) is 5.95 Å². The molecular weight excluding hydrogens is 419 g/mol. The second-order valence-corrected chi connectivity index (χ2v) is 9.45. The van der Waals surface area contributed by atoms with Crippen LogP contribution in [0.15, 0.2) is 18.2 Å². The van der Waals surface area contributed by atoms with Crippen molar-refractivity contribution < 1.29 is 9.18 Å². The van der Waals surface area contributed by atoms with Crippen LogP contribution in [0.5, 0.6) is 0 Å². The number of aryl methyl sites for hydroxylation is 1. The van der Waals surface area contributed by atoms with E-state index in [1.54, 1.807) is 6.07 Å². The largest absolute Gasteiger partial charge is 0.353 e. The Morgan fingerprint density at radius 3 is 2.67 bits per heavy atom. The molecule has 5 rings (SSSR count). The van der Waals surface area contributed by atoms with Crippen molar-refractivity contribution in [2.75, 3.05) is 36.4 Å². The smallest absolute Gasteiger partial charge is 0.323 e. The molecule has 2 aromatic rings. The van der Waals surface area contributed by atoms with Crippen molar-refractivity contribution in [1.29, 1.82) is 0 Å². The third-order valence-electron chi connectivity index (χ3n) is 7.14. The second kappa shape index (κ2) is 9.63. The maximum Gasteiger partial charge on any atom is 0.323 e. The fourth-order valence-electron chi connectivity index (χ4n) is 5.38. The van der Waals surface area contributed by atoms with Gasteiger partial charge in [-0.3, -0.25) is 4.90 Å². The molecular formula is C25H33FN6O. The average molecular weight is 453 g/mol. The molecule has 3 aliphatic rings. The number of halogens is 1. The number of urea groups is 1. The lowest BCUT2D eigenvalue weighted by molar-refractivity contribution is 0.239. The molecule has 8 heteroatoms. The SMILES string of the molecule is Cc1cc(F)ccc1-c1nc(NCCN2CCCC2)nc2c1CNC(=O)N2C1CCCCC1. The summed E-state index contributed by atoms with van der Waals surface area (Å²) in [5.74, 6) is 0.963. The molecule has 1 saturated carbocycles. The predicted molar refractivity (Wildman–Crippen MR) is 128 cm³/mol. The van der Waals surface area contributed by atoms with Crippen LogP contribution in [0.25, 0.3) is 11.3 Å². The van der Waals surface area contributed by atoms with Gasteiger partial charge in [-0.15, -0.1) is 0 Å². The molecule has 0 spiro atoms. The lowest BCUT2D eigenvalue weighted by Gasteiger charge is -2.37. The van der Waals surface area contributed by atoms with Crippen molar-refractivity contribution in [2.24, 2.45) is 0 Å². The summed E-state index contributed by atoms with van der Waals surface area (Å²) in [6, 6.07) is 4.84. The minimum Gasteiger partial charge on any atom is -0.353 e. The molecule has 2 N–H and O–H groups in total. The molecule has 1 saturated heterocycles. The number of hydrogen-bond donors (Lipinski definition) is 2. The average Bonchev–Trinajstić information content (AvgIpc) is 3.33. The maximum atomic E-state index is 13.8. The molecule has 33 heavy (non-hydrogen) atoms. The number of benzene rings is 1. The Kier molecular flexibility index (Phi) is 6.44. The fraction of sp³-hybridized carbons (Fsp3) is 0.560. The molecule has 2 amide bonds. The van der Waals surface area contributed by atoms with Crippen LogP contribution in [-0.4, -0.2) is 53.1 Å². The lowest BCUT2D eigenvalue weighted by atomic mass is 9.93. The van der Waals surface area contributed by atoms with Crippen molar-refractivity contribution in [2.45, 2.75) is 64.5 Å². The number of amides is 2. The Bertz CT molecular complexity index is 1020. The highest BCUT2D eigenvalue weighted by atomic mass is 19.1. The van der Waals surface area contributed by atoms with E-state index in [9.17, 15) is 9.18 Å². The van der Waals surface area contributed by atoms with E-state index in [-0.39, 0.29) is 17.9 Å². The molecule has 1 aliphatic carbocycles. The zero-order chi connectivity index (χ0) is 22.8. The maximum absolute atomic E-state index is 13.8. The van der Waals surface area contributed by atoms with Gasteiger partial charge in [0, 0.05) is 30.3 Å². The summed E-state index contributed by atoms with van der Waals surface area (Å²) in [6.45, 7) is 6.24. The summed E-state index contributed by atoms with van der Waals surface area (Å²) in [4.78, 5) is 27.0. The molecule has 0 bridgehead atoms. The Labute approximate surface area is 194 Å². The number of aromatic nitrogens is 2. The summed E-state index contributed by atoms with van der Waals surface area (Å²) in [5, 5.41) is 6.44. The summed E-state index contributed by atoms with van der Waals surface area (Å²) >= 11 is 0. The van der Waals surface area contributed by atoms with Gasteiger partial charge in [0.25, 0.3) is 0 Å². The third-order valence-corrected chi connectivity index (χ3v) is 7.14. The summed E-state index contributed by atoms with van der Waals surface area (Å²) in [7, 11) is 0. The highest BCUT2D eigenvalue weighted by molar-refractivity contribution is 5.96. The van der Waals surface area contributed by atoms with Crippen LogP contribution in [-0.2, 0) is 6.54 Å². The second-order valence-electron chi connectivity index (χ2n) is 9.45. The Hall–Kier alpha value is -2.74. The van der Waals surface area contributed by atoms with Gasteiger partial charge in [-0.05, 0) is 69.5 Å². The molecule has 1 aromatic heterocycles. The highest BCUT2D eigenvalue weighted by Crippen LogP contribution is 2.37. The fourth-order valence-corrected chi connectivity index (χ4v) is 5.38. The number of carbonyl (C=O) groups is 1. The van der Waals surface area contributed by atoms with Crippen molar-refractivity contribution in [1.82, 2.24) is 20.2 Å². The third kappa shape index (κ3) is 4.67. The van der Waals surface area contributed by atoms with Crippen molar-refractivity contribution in [3.8, 4) is 11.3 Å². The first kappa shape index (κ1) is 22.1. The Morgan fingerprint density at radius 2 is 1.91 bits per heavy atom. The van der Waals surface area contributed by atoms with E-state index in [1.165, 1.54) is 31.4 Å². The lowest BCUT2D eigenvalue weighted by Crippen LogP contribution is -2.51. The zero-order valence-corrected chi connectivity index (χ0v) is 19.4. The Balaban J connectivity index is 1.53. The van der Waals surface area contributed by atoms with E-state index >= 15 is 0 Å². The first-order valence-electron chi connectivity index (χ1n) is 12.3. The van der Waals surface area contributed by atoms with Gasteiger partial charge < -0.3 is 15.5 Å². The van der Waals surface area contributed by atoms with Gasteiger partial charge in [0.15, 0.2) is 0 Å². The minimum atomic E-state index is -0.264. The molecule has 1 aromatic carbocycles.